The summed E-state index contributed by atoms with van der Waals surface area (Å²) in [6.45, 7) is 0. The fourth-order valence-corrected chi connectivity index (χ4v) is 0. The molecule has 0 aromatic heterocycles. The molecule has 0 rings (SSSR count). The molecule has 1 N–H and O–H groups in total. The van der Waals surface area contributed by atoms with E-state index in [0.717, 1.165) is 0 Å². The Morgan fingerprint density at radius 3 is 1.17 bits per heavy atom. The van der Waals surface area contributed by atoms with Crippen molar-refractivity contribution in [2.45, 2.75) is 0 Å². The van der Waals surface area contributed by atoms with Crippen LogP contribution in [0.1, 0.15) is 0 Å². The van der Waals surface area contributed by atoms with E-state index >= 15 is 0 Å². The third kappa shape index (κ3) is 118. The monoisotopic (exact) mass is 202 g/mol. The van der Waals surface area contributed by atoms with Crippen LogP contribution in [0, 0.1) is 10.2 Å². The summed E-state index contributed by atoms with van der Waals surface area (Å²) in [5, 5.41) is 0. The van der Waals surface area contributed by atoms with Gasteiger partial charge in [-0.15, -0.1) is 0 Å². The Labute approximate surface area is 48.9 Å². The van der Waals surface area contributed by atoms with Crippen LogP contribution in [0.25, 0.3) is 0 Å². The maximum absolute atomic E-state index is 8.60. The van der Waals surface area contributed by atoms with Crippen molar-refractivity contribution in [1.82, 2.24) is 0 Å². The van der Waals surface area contributed by atoms with E-state index in [4.69, 9.17) is 18.6 Å². The molecule has 0 spiro atoms. The Morgan fingerprint density at radius 2 is 1.17 bits per heavy atom. The molecule has 0 radical (unpaired) electrons. The zero-order chi connectivity index (χ0) is 4.50. The van der Waals surface area contributed by atoms with Crippen molar-refractivity contribution in [2.24, 2.45) is 0 Å². The van der Waals surface area contributed by atoms with Gasteiger partial charge in [0.1, 0.15) is 0 Å². The molecular weight excluding hydrogens is 201 g/mol. The Balaban J connectivity index is 0. The second-order valence-electron chi connectivity index (χ2n) is 0.396. The molecule has 40 valence electrons. The molecule has 0 saturated heterocycles. The standard InChI is InChI=1S/ClHO4.Ru/c2-1(3,4)5;/h(H,2,3,4,5);. The molecule has 0 fully saturated rings. The van der Waals surface area contributed by atoms with Crippen LogP contribution in [-0.4, -0.2) is 4.66 Å². The average Bonchev–Trinajstić information content (AvgIpc) is 0.722. The van der Waals surface area contributed by atoms with E-state index in [2.05, 4.69) is 0 Å². The van der Waals surface area contributed by atoms with Crippen LogP contribution in [0.2, 0.25) is 0 Å². The van der Waals surface area contributed by atoms with Crippen molar-refractivity contribution in [3.63, 3.8) is 0 Å². The van der Waals surface area contributed by atoms with E-state index < -0.39 is 10.2 Å². The molecule has 0 saturated carbocycles. The van der Waals surface area contributed by atoms with Gasteiger partial charge < -0.3 is 0 Å². The van der Waals surface area contributed by atoms with Crippen molar-refractivity contribution in [3.8, 4) is 0 Å². The topological polar surface area (TPSA) is 89.4 Å². The zero-order valence-corrected chi connectivity index (χ0v) is 4.90. The molecule has 0 amide bonds. The fourth-order valence-electron chi connectivity index (χ4n) is 0. The number of halogens is 1. The molecular formula is HClO4Ru. The molecule has 0 aromatic rings. The number of rotatable bonds is 0. The molecule has 0 atom stereocenters. The molecule has 0 aliphatic rings. The second kappa shape index (κ2) is 2.85. The maximum atomic E-state index is 8.60. The van der Waals surface area contributed by atoms with Gasteiger partial charge in [0.25, 0.3) is 0 Å². The summed E-state index contributed by atoms with van der Waals surface area (Å²) in [7, 11) is -4.69. The van der Waals surface area contributed by atoms with Crippen molar-refractivity contribution >= 4 is 0 Å². The molecule has 0 aliphatic carbocycles. The van der Waals surface area contributed by atoms with Gasteiger partial charge in [0.15, 0.2) is 0 Å². The summed E-state index contributed by atoms with van der Waals surface area (Å²) in [4.78, 5) is 0. The first-order chi connectivity index (χ1) is 2.00. The largest absolute Gasteiger partial charge is 0.183 e. The Hall–Kier alpha value is 0.753. The molecule has 0 bridgehead atoms. The zero-order valence-electron chi connectivity index (χ0n) is 2.40. The van der Waals surface area contributed by atoms with E-state index in [0.29, 0.717) is 0 Å². The first-order valence-corrected chi connectivity index (χ1v) is 1.90. The normalized spacial score (nSPS) is 10.0. The molecule has 6 heteroatoms. The van der Waals surface area contributed by atoms with Gasteiger partial charge in [0, 0.05) is 19.5 Å². The summed E-state index contributed by atoms with van der Waals surface area (Å²) in [5.41, 5.74) is 0. The Bertz CT molecular complexity index is 23.0. The van der Waals surface area contributed by atoms with Gasteiger partial charge in [-0.1, -0.05) is 0 Å². The number of hydrogen-bond donors (Lipinski definition) is 1. The predicted molar refractivity (Wildman–Crippen MR) is 2.22 cm³/mol. The SMILES string of the molecule is [O-][Cl+3]([O-])([O-])O.[Ru]. The van der Waals surface area contributed by atoms with Crippen LogP contribution >= 0.6 is 0 Å². The molecule has 0 aliphatic heterocycles. The first-order valence-electron chi connectivity index (χ1n) is 0.632. The van der Waals surface area contributed by atoms with E-state index in [1.807, 2.05) is 0 Å². The van der Waals surface area contributed by atoms with Crippen LogP contribution in [0.15, 0.2) is 0 Å². The van der Waals surface area contributed by atoms with Crippen LogP contribution in [0.3, 0.4) is 0 Å². The van der Waals surface area contributed by atoms with Crippen molar-refractivity contribution in [3.05, 3.63) is 0 Å². The first kappa shape index (κ1) is 9.89. The Kier molecular flexibility index (Phi) is 4.70. The maximum Gasteiger partial charge on any atom is 0.0777 e. The third-order valence-electron chi connectivity index (χ3n) is 0. The van der Waals surface area contributed by atoms with Gasteiger partial charge in [-0.2, -0.15) is 14.0 Å². The van der Waals surface area contributed by atoms with Crippen LogP contribution < -0.4 is 14.0 Å². The minimum atomic E-state index is -4.69. The summed E-state index contributed by atoms with van der Waals surface area (Å²) in [5.74, 6) is 0. The summed E-state index contributed by atoms with van der Waals surface area (Å²) < 4.78 is 32.7. The fraction of sp³-hybridized carbons (Fsp3) is 0. The summed E-state index contributed by atoms with van der Waals surface area (Å²) >= 11 is 0. The van der Waals surface area contributed by atoms with Gasteiger partial charge in [-0.25, -0.2) is 0 Å². The van der Waals surface area contributed by atoms with Crippen molar-refractivity contribution in [1.29, 1.82) is 0 Å². The van der Waals surface area contributed by atoms with Gasteiger partial charge >= 0.3 is 0 Å². The predicted octanol–water partition coefficient (Wildman–Crippen LogP) is -4.13. The minimum Gasteiger partial charge on any atom is -0.183 e. The molecule has 0 aromatic carbocycles. The average molecular weight is 202 g/mol. The van der Waals surface area contributed by atoms with E-state index in [1.165, 1.54) is 0 Å². The number of hydrogen-bond acceptors (Lipinski definition) is 4. The molecule has 0 heterocycles. The summed E-state index contributed by atoms with van der Waals surface area (Å²) in [6, 6.07) is 0. The van der Waals surface area contributed by atoms with E-state index in [-0.39, 0.29) is 19.5 Å². The second-order valence-corrected chi connectivity index (χ2v) is 1.19. The molecule has 4 nitrogen and oxygen atoms in total. The minimum absolute atomic E-state index is 0. The van der Waals surface area contributed by atoms with Crippen LogP contribution in [0.4, 0.5) is 0 Å². The van der Waals surface area contributed by atoms with Crippen molar-refractivity contribution < 1.29 is 48.4 Å². The van der Waals surface area contributed by atoms with Crippen LogP contribution in [-0.2, 0) is 19.5 Å². The molecule has 0 unspecified atom stereocenters. The van der Waals surface area contributed by atoms with Gasteiger partial charge in [-0.3, -0.25) is 0 Å². The smallest absolute Gasteiger partial charge is 0.0777 e. The van der Waals surface area contributed by atoms with Gasteiger partial charge in [0.05, 0.1) is 14.9 Å². The summed E-state index contributed by atoms with van der Waals surface area (Å²) in [6.07, 6.45) is 0. The van der Waals surface area contributed by atoms with E-state index in [9.17, 15) is 0 Å². The Morgan fingerprint density at radius 1 is 1.17 bits per heavy atom. The van der Waals surface area contributed by atoms with Gasteiger partial charge in [-0.05, 0) is 0 Å². The van der Waals surface area contributed by atoms with E-state index in [1.54, 1.807) is 0 Å². The van der Waals surface area contributed by atoms with Crippen LogP contribution in [0.5, 0.6) is 0 Å². The third-order valence-corrected chi connectivity index (χ3v) is 0. The molecule has 6 heavy (non-hydrogen) atoms. The van der Waals surface area contributed by atoms with Gasteiger partial charge in [0.2, 0.25) is 0 Å². The van der Waals surface area contributed by atoms with Crippen molar-refractivity contribution in [2.75, 3.05) is 0 Å². The quantitative estimate of drug-likeness (QED) is 0.403.